The van der Waals surface area contributed by atoms with Crippen molar-refractivity contribution in [2.24, 2.45) is 11.5 Å². The molecule has 0 aromatic carbocycles. The molecular weight excluding hydrogens is 294 g/mol. The molecule has 22 heavy (non-hydrogen) atoms. The van der Waals surface area contributed by atoms with Crippen LogP contribution in [0.2, 0.25) is 0 Å². The van der Waals surface area contributed by atoms with Crippen LogP contribution in [0.25, 0.3) is 0 Å². The Balaban J connectivity index is 5.23. The second-order valence-electron chi connectivity index (χ2n) is 4.50. The lowest BCUT2D eigenvalue weighted by atomic mass is 10.0. The molecule has 0 saturated heterocycles. The number of carbonyl (C=O) groups is 4. The quantitative estimate of drug-likeness (QED) is 0.400. The van der Waals surface area contributed by atoms with Crippen LogP contribution in [0.5, 0.6) is 0 Å². The largest absolute Gasteiger partial charge is 0.450 e. The molecule has 126 valence electrons. The van der Waals surface area contributed by atoms with E-state index in [2.05, 4.69) is 5.32 Å². The summed E-state index contributed by atoms with van der Waals surface area (Å²) in [5.41, 5.74) is 10.6. The van der Waals surface area contributed by atoms with E-state index < -0.39 is 35.8 Å². The first-order chi connectivity index (χ1) is 10.3. The van der Waals surface area contributed by atoms with Gasteiger partial charge in [0, 0.05) is 33.4 Å². The fourth-order valence-corrected chi connectivity index (χ4v) is 1.62. The van der Waals surface area contributed by atoms with Gasteiger partial charge in [-0.1, -0.05) is 0 Å². The summed E-state index contributed by atoms with van der Waals surface area (Å²) in [6, 6.07) is 0. The van der Waals surface area contributed by atoms with Crippen LogP contribution in [-0.2, 0) is 28.7 Å². The van der Waals surface area contributed by atoms with E-state index in [9.17, 15) is 19.2 Å². The van der Waals surface area contributed by atoms with Gasteiger partial charge >= 0.3 is 11.9 Å². The van der Waals surface area contributed by atoms with Gasteiger partial charge in [0.15, 0.2) is 5.78 Å². The van der Waals surface area contributed by atoms with Crippen LogP contribution >= 0.6 is 0 Å². The number of rotatable bonds is 10. The number of esters is 2. The van der Waals surface area contributed by atoms with E-state index in [1.54, 1.807) is 0 Å². The van der Waals surface area contributed by atoms with Crippen LogP contribution in [0.4, 0.5) is 0 Å². The number of amides is 1. The number of ether oxygens (including phenoxy) is 2. The summed E-state index contributed by atoms with van der Waals surface area (Å²) in [6.45, 7) is 2.72. The van der Waals surface area contributed by atoms with Gasteiger partial charge < -0.3 is 26.3 Å². The summed E-state index contributed by atoms with van der Waals surface area (Å²) in [5.74, 6) is -2.85. The number of hydrogen-bond donors (Lipinski definition) is 3. The number of ketones is 1. The van der Waals surface area contributed by atoms with Gasteiger partial charge in [-0.3, -0.25) is 19.2 Å². The van der Waals surface area contributed by atoms with E-state index in [1.165, 1.54) is 0 Å². The zero-order valence-electron chi connectivity index (χ0n) is 12.8. The summed E-state index contributed by atoms with van der Waals surface area (Å²) in [6.07, 6.45) is -2.71. The molecule has 0 rings (SSSR count). The van der Waals surface area contributed by atoms with E-state index >= 15 is 0 Å². The summed E-state index contributed by atoms with van der Waals surface area (Å²) in [7, 11) is 0. The minimum atomic E-state index is -1.56. The van der Waals surface area contributed by atoms with Crippen molar-refractivity contribution < 1.29 is 28.7 Å². The van der Waals surface area contributed by atoms with Crippen LogP contribution in [0.15, 0.2) is 0 Å². The average molecular weight is 317 g/mol. The van der Waals surface area contributed by atoms with E-state index in [-0.39, 0.29) is 26.1 Å². The maximum Gasteiger partial charge on any atom is 0.303 e. The smallest absolute Gasteiger partial charge is 0.303 e. The molecule has 0 bridgehead atoms. The first-order valence-corrected chi connectivity index (χ1v) is 6.88. The Morgan fingerprint density at radius 2 is 1.50 bits per heavy atom. The van der Waals surface area contributed by atoms with Crippen LogP contribution < -0.4 is 16.8 Å². The van der Waals surface area contributed by atoms with Gasteiger partial charge in [0.25, 0.3) is 5.91 Å². The van der Waals surface area contributed by atoms with Crippen molar-refractivity contribution in [2.75, 3.05) is 19.6 Å². The fourth-order valence-electron chi connectivity index (χ4n) is 1.62. The molecule has 0 spiro atoms. The molecule has 0 aromatic heterocycles. The van der Waals surface area contributed by atoms with E-state index in [4.69, 9.17) is 20.9 Å². The lowest BCUT2D eigenvalue weighted by molar-refractivity contribution is -0.174. The molecule has 0 heterocycles. The predicted octanol–water partition coefficient (Wildman–Crippen LogP) is -1.77. The molecule has 0 aliphatic heterocycles. The molecule has 5 N–H and O–H groups in total. The topological polar surface area (TPSA) is 151 Å². The van der Waals surface area contributed by atoms with Gasteiger partial charge in [0.1, 0.15) is 0 Å². The molecule has 9 nitrogen and oxygen atoms in total. The van der Waals surface area contributed by atoms with Gasteiger partial charge in [-0.25, -0.2) is 0 Å². The highest BCUT2D eigenvalue weighted by Crippen LogP contribution is 2.11. The highest BCUT2D eigenvalue weighted by Gasteiger charge is 2.38. The minimum Gasteiger partial charge on any atom is -0.450 e. The lowest BCUT2D eigenvalue weighted by Crippen LogP contribution is -2.50. The number of carbonyl (C=O) groups excluding carboxylic acids is 4. The molecule has 0 saturated carbocycles. The Morgan fingerprint density at radius 3 is 1.95 bits per heavy atom. The first kappa shape index (κ1) is 20.0. The van der Waals surface area contributed by atoms with E-state index in [1.807, 2.05) is 0 Å². The summed E-state index contributed by atoms with van der Waals surface area (Å²) < 4.78 is 9.73. The third kappa shape index (κ3) is 7.70. The molecule has 2 atom stereocenters. The molecule has 0 radical (unpaired) electrons. The van der Waals surface area contributed by atoms with Crippen LogP contribution in [0.1, 0.15) is 26.7 Å². The highest BCUT2D eigenvalue weighted by molar-refractivity contribution is 5.94. The van der Waals surface area contributed by atoms with Crippen molar-refractivity contribution in [2.45, 2.75) is 38.9 Å². The molecule has 0 unspecified atom stereocenters. The fraction of sp³-hybridized carbons (Fsp3) is 0.692. The molecule has 0 aromatic rings. The van der Waals surface area contributed by atoms with E-state index in [0.29, 0.717) is 6.42 Å². The number of nitrogens with one attached hydrogen (secondary N) is 1. The van der Waals surface area contributed by atoms with Crippen LogP contribution in [-0.4, -0.2) is 55.5 Å². The molecule has 9 heteroatoms. The highest BCUT2D eigenvalue weighted by atomic mass is 16.6. The van der Waals surface area contributed by atoms with Gasteiger partial charge in [-0.05, 0) is 13.0 Å². The Hall–Kier alpha value is -2.00. The zero-order valence-corrected chi connectivity index (χ0v) is 12.8. The molecule has 0 aliphatic carbocycles. The number of Topliss-reactive ketones (excluding diaryl/α,β-unsaturated/α-hetero) is 1. The van der Waals surface area contributed by atoms with Gasteiger partial charge in [-0.15, -0.1) is 0 Å². The van der Waals surface area contributed by atoms with Crippen molar-refractivity contribution >= 4 is 23.6 Å². The normalized spacial score (nSPS) is 12.9. The third-order valence-electron chi connectivity index (χ3n) is 2.51. The number of hydrogen-bond acceptors (Lipinski definition) is 8. The van der Waals surface area contributed by atoms with Crippen molar-refractivity contribution in [3.05, 3.63) is 0 Å². The molecule has 0 aliphatic rings. The Bertz CT molecular complexity index is 375. The number of nitrogens with two attached hydrogens (primary N) is 2. The Labute approximate surface area is 128 Å². The third-order valence-corrected chi connectivity index (χ3v) is 2.51. The maximum absolute atomic E-state index is 12.1. The van der Waals surface area contributed by atoms with E-state index in [0.717, 1.165) is 13.8 Å². The first-order valence-electron chi connectivity index (χ1n) is 6.88. The molecule has 0 fully saturated rings. The van der Waals surface area contributed by atoms with Crippen molar-refractivity contribution in [1.82, 2.24) is 5.32 Å². The summed E-state index contributed by atoms with van der Waals surface area (Å²) >= 11 is 0. The van der Waals surface area contributed by atoms with Gasteiger partial charge in [0.05, 0.1) is 0 Å². The average Bonchev–Trinajstić information content (AvgIpc) is 2.45. The van der Waals surface area contributed by atoms with Gasteiger partial charge in [-0.2, -0.15) is 0 Å². The SMILES string of the molecule is CC(=O)O[C@@H](C(=O)CCCN)[C@@H](OC(C)=O)C(=O)NCCN. The van der Waals surface area contributed by atoms with Crippen LogP contribution in [0.3, 0.4) is 0 Å². The second-order valence-corrected chi connectivity index (χ2v) is 4.50. The van der Waals surface area contributed by atoms with Crippen molar-refractivity contribution in [3.63, 3.8) is 0 Å². The summed E-state index contributed by atoms with van der Waals surface area (Å²) in [5, 5.41) is 2.39. The summed E-state index contributed by atoms with van der Waals surface area (Å²) in [4.78, 5) is 46.5. The second kappa shape index (κ2) is 10.7. The predicted molar refractivity (Wildman–Crippen MR) is 76.5 cm³/mol. The monoisotopic (exact) mass is 317 g/mol. The molecular formula is C13H23N3O6. The minimum absolute atomic E-state index is 0.00359. The molecule has 1 amide bonds. The standard InChI is InChI=1S/C13H23N3O6/c1-8(17)21-11(10(19)4-3-5-14)12(22-9(2)18)13(20)16-7-6-15/h11-12H,3-7,14-15H2,1-2H3,(H,16,20)/t11-,12+/m0/s1. The lowest BCUT2D eigenvalue weighted by Gasteiger charge is -2.24. The zero-order chi connectivity index (χ0) is 17.1. The van der Waals surface area contributed by atoms with Crippen LogP contribution in [0, 0.1) is 0 Å². The van der Waals surface area contributed by atoms with Crippen molar-refractivity contribution in [3.8, 4) is 0 Å². The van der Waals surface area contributed by atoms with Gasteiger partial charge in [0.2, 0.25) is 12.2 Å². The maximum atomic E-state index is 12.1. The Morgan fingerprint density at radius 1 is 0.955 bits per heavy atom. The Kier molecular flexibility index (Phi) is 9.72. The van der Waals surface area contributed by atoms with Crippen molar-refractivity contribution in [1.29, 1.82) is 0 Å².